The van der Waals surface area contributed by atoms with Crippen molar-refractivity contribution in [1.29, 1.82) is 0 Å². The van der Waals surface area contributed by atoms with Gasteiger partial charge in [0.25, 0.3) is 11.1 Å². The summed E-state index contributed by atoms with van der Waals surface area (Å²) in [5.41, 5.74) is -0.110. The summed E-state index contributed by atoms with van der Waals surface area (Å²) in [6.07, 6.45) is -1.26. The number of rotatable bonds is 10. The van der Waals surface area contributed by atoms with Crippen LogP contribution in [0.3, 0.4) is 0 Å². The van der Waals surface area contributed by atoms with Gasteiger partial charge >= 0.3 is 18.0 Å². The summed E-state index contributed by atoms with van der Waals surface area (Å²) in [4.78, 5) is 63.0. The molecule has 1 saturated heterocycles. The predicted octanol–water partition coefficient (Wildman–Crippen LogP) is 1.79. The fourth-order valence-corrected chi connectivity index (χ4v) is 6.31. The number of fused-ring (bicyclic) bond motifs is 1. The topological polar surface area (TPSA) is 201 Å². The normalized spacial score (nSPS) is 19.1. The molecule has 3 atom stereocenters. The second kappa shape index (κ2) is 12.2. The highest BCUT2D eigenvalue weighted by Gasteiger charge is 2.54. The van der Waals surface area contributed by atoms with E-state index >= 15 is 0 Å². The van der Waals surface area contributed by atoms with E-state index in [1.54, 1.807) is 51.1 Å². The van der Waals surface area contributed by atoms with Crippen LogP contribution < -0.4 is 10.6 Å². The minimum atomic E-state index is -1.31. The van der Waals surface area contributed by atoms with Gasteiger partial charge in [0, 0.05) is 11.5 Å². The lowest BCUT2D eigenvalue weighted by atomic mass is 10.0. The predicted molar refractivity (Wildman–Crippen MR) is 145 cm³/mol. The van der Waals surface area contributed by atoms with Crippen molar-refractivity contribution >= 4 is 53.4 Å². The Morgan fingerprint density at radius 2 is 1.90 bits per heavy atom. The van der Waals surface area contributed by atoms with Gasteiger partial charge in [0.2, 0.25) is 11.8 Å². The molecule has 0 bridgehead atoms. The zero-order chi connectivity index (χ0) is 29.9. The molecule has 2 aromatic rings. The number of carbonyl (C=O) groups excluding carboxylic acids is 3. The number of aliphatic carboxylic acids is 2. The summed E-state index contributed by atoms with van der Waals surface area (Å²) >= 11 is 2.29. The first-order chi connectivity index (χ1) is 19.3. The molecule has 0 aliphatic carbocycles. The third-order valence-electron chi connectivity index (χ3n) is 5.72. The molecule has 41 heavy (non-hydrogen) atoms. The molecule has 0 spiro atoms. The van der Waals surface area contributed by atoms with Gasteiger partial charge in [0.15, 0.2) is 0 Å². The molecule has 4 rings (SSSR count). The van der Waals surface area contributed by atoms with Crippen LogP contribution >= 0.6 is 23.5 Å². The van der Waals surface area contributed by atoms with Crippen molar-refractivity contribution in [1.82, 2.24) is 25.7 Å². The maximum Gasteiger partial charge on any atom is 0.408 e. The molecule has 1 unspecified atom stereocenters. The van der Waals surface area contributed by atoms with E-state index in [1.165, 1.54) is 11.8 Å². The second-order valence-electron chi connectivity index (χ2n) is 9.96. The van der Waals surface area contributed by atoms with Crippen LogP contribution in [0.4, 0.5) is 4.79 Å². The van der Waals surface area contributed by atoms with Gasteiger partial charge in [-0.15, -0.1) is 22.0 Å². The Morgan fingerprint density at radius 1 is 1.20 bits per heavy atom. The number of carboxylic acid groups (broad SMARTS) is 2. The van der Waals surface area contributed by atoms with E-state index in [4.69, 9.17) is 14.3 Å². The first-order valence-electron chi connectivity index (χ1n) is 12.3. The Bertz CT molecular complexity index is 1390. The van der Waals surface area contributed by atoms with Crippen LogP contribution in [-0.2, 0) is 30.3 Å². The van der Waals surface area contributed by atoms with Gasteiger partial charge in [-0.05, 0) is 31.9 Å². The van der Waals surface area contributed by atoms with Crippen LogP contribution in [0.25, 0.3) is 0 Å². The second-order valence-corrected chi connectivity index (χ2v) is 12.0. The third kappa shape index (κ3) is 7.18. The standard InChI is InChI=1S/C25H27N5O9S2/c1-25(2,3)39-23(37)27-16(12-7-5-4-6-8-12)19(33)26-17-20(34)30-18(22(35)36)13(10-40-21(17)30)11-41-24-29-28-14(38-24)9-15(31)32/h4-8,16-17,21H,9-11H2,1-3H3,(H,26,33)(H,27,37)(H,31,32)(H,35,36)/t16-,17?,21-/m1/s1. The van der Waals surface area contributed by atoms with Crippen molar-refractivity contribution in [2.24, 2.45) is 0 Å². The molecule has 218 valence electrons. The van der Waals surface area contributed by atoms with Gasteiger partial charge in [-0.2, -0.15) is 0 Å². The number of alkyl carbamates (subject to hydrolysis) is 1. The van der Waals surface area contributed by atoms with Gasteiger partial charge in [0.05, 0.1) is 0 Å². The maximum absolute atomic E-state index is 13.3. The molecule has 1 aromatic carbocycles. The molecular formula is C25H27N5O9S2. The summed E-state index contributed by atoms with van der Waals surface area (Å²) in [6, 6.07) is 6.26. The highest BCUT2D eigenvalue weighted by molar-refractivity contribution is 8.01. The fraction of sp³-hybridized carbons (Fsp3) is 0.400. The fourth-order valence-electron chi connectivity index (χ4n) is 4.05. The first kappa shape index (κ1) is 29.9. The number of carbonyl (C=O) groups is 5. The highest BCUT2D eigenvalue weighted by atomic mass is 32.2. The molecule has 3 heterocycles. The van der Waals surface area contributed by atoms with Crippen LogP contribution in [0.15, 0.2) is 51.2 Å². The van der Waals surface area contributed by atoms with Crippen molar-refractivity contribution in [2.45, 2.75) is 55.5 Å². The molecule has 2 aliphatic rings. The van der Waals surface area contributed by atoms with Crippen LogP contribution in [0.2, 0.25) is 0 Å². The Kier molecular flexibility index (Phi) is 8.92. The average Bonchev–Trinajstić information content (AvgIpc) is 3.34. The van der Waals surface area contributed by atoms with Crippen LogP contribution in [0.1, 0.15) is 38.3 Å². The third-order valence-corrected chi connectivity index (χ3v) is 7.97. The Labute approximate surface area is 242 Å². The van der Waals surface area contributed by atoms with E-state index in [0.29, 0.717) is 11.1 Å². The largest absolute Gasteiger partial charge is 0.481 e. The van der Waals surface area contributed by atoms with E-state index in [-0.39, 0.29) is 28.3 Å². The summed E-state index contributed by atoms with van der Waals surface area (Å²) in [5.74, 6) is -3.45. The number of hydrogen-bond acceptors (Lipinski definition) is 11. The molecule has 3 amide bonds. The summed E-state index contributed by atoms with van der Waals surface area (Å²) in [6.45, 7) is 5.06. The van der Waals surface area contributed by atoms with Gasteiger partial charge in [-0.1, -0.05) is 42.1 Å². The van der Waals surface area contributed by atoms with Crippen LogP contribution in [-0.4, -0.2) is 83.7 Å². The minimum Gasteiger partial charge on any atom is -0.481 e. The lowest BCUT2D eigenvalue weighted by Crippen LogP contribution is -2.71. The average molecular weight is 606 g/mol. The zero-order valence-electron chi connectivity index (χ0n) is 22.2. The quantitative estimate of drug-likeness (QED) is 0.226. The van der Waals surface area contributed by atoms with Crippen molar-refractivity contribution < 1.29 is 43.3 Å². The molecule has 0 radical (unpaired) electrons. The van der Waals surface area contributed by atoms with Crippen molar-refractivity contribution in [3.63, 3.8) is 0 Å². The van der Waals surface area contributed by atoms with Crippen LogP contribution in [0.5, 0.6) is 0 Å². The van der Waals surface area contributed by atoms with Crippen LogP contribution in [0, 0.1) is 0 Å². The monoisotopic (exact) mass is 605 g/mol. The van der Waals surface area contributed by atoms with E-state index in [1.807, 2.05) is 0 Å². The molecular weight excluding hydrogens is 578 g/mol. The Morgan fingerprint density at radius 3 is 2.54 bits per heavy atom. The van der Waals surface area contributed by atoms with Gasteiger partial charge < -0.3 is 30.0 Å². The number of hydrogen-bond donors (Lipinski definition) is 4. The Hall–Kier alpha value is -4.05. The minimum absolute atomic E-state index is 0.0649. The summed E-state index contributed by atoms with van der Waals surface area (Å²) in [5, 5.41) is 30.7. The SMILES string of the molecule is CC(C)(C)OC(=O)N[C@@H](C(=O)NC1C(=O)N2C(C(=O)O)=C(CSc3nnc(CC(=O)O)o3)CS[C@H]12)c1ccccc1. The van der Waals surface area contributed by atoms with E-state index < -0.39 is 59.3 Å². The van der Waals surface area contributed by atoms with Gasteiger partial charge in [-0.25, -0.2) is 9.59 Å². The number of amides is 3. The number of carboxylic acids is 2. The molecule has 14 nitrogen and oxygen atoms in total. The highest BCUT2D eigenvalue weighted by Crippen LogP contribution is 2.41. The number of nitrogens with zero attached hydrogens (tertiary/aromatic N) is 3. The van der Waals surface area contributed by atoms with Crippen molar-refractivity contribution in [2.75, 3.05) is 11.5 Å². The zero-order valence-corrected chi connectivity index (χ0v) is 23.8. The summed E-state index contributed by atoms with van der Waals surface area (Å²) in [7, 11) is 0. The number of nitrogens with one attached hydrogen (secondary N) is 2. The van der Waals surface area contributed by atoms with Crippen molar-refractivity contribution in [3.8, 4) is 0 Å². The number of ether oxygens (including phenoxy) is 1. The number of β-lactam (4-membered cyclic amide) rings is 1. The summed E-state index contributed by atoms with van der Waals surface area (Å²) < 4.78 is 10.5. The smallest absolute Gasteiger partial charge is 0.408 e. The van der Waals surface area contributed by atoms with Crippen molar-refractivity contribution in [3.05, 3.63) is 53.1 Å². The maximum atomic E-state index is 13.3. The van der Waals surface area contributed by atoms with E-state index in [9.17, 15) is 29.1 Å². The van der Waals surface area contributed by atoms with E-state index in [0.717, 1.165) is 16.7 Å². The molecule has 2 aliphatic heterocycles. The molecule has 0 saturated carbocycles. The molecule has 16 heteroatoms. The number of thioether (sulfide) groups is 2. The first-order valence-corrected chi connectivity index (χ1v) is 14.3. The molecule has 1 fully saturated rings. The van der Waals surface area contributed by atoms with Gasteiger partial charge in [-0.3, -0.25) is 19.3 Å². The number of benzene rings is 1. The number of aromatic nitrogens is 2. The van der Waals surface area contributed by atoms with Gasteiger partial charge in [0.1, 0.15) is 35.2 Å². The lowest BCUT2D eigenvalue weighted by molar-refractivity contribution is -0.151. The molecule has 4 N–H and O–H groups in total. The van der Waals surface area contributed by atoms with E-state index in [2.05, 4.69) is 20.8 Å². The Balaban J connectivity index is 1.46. The lowest BCUT2D eigenvalue weighted by Gasteiger charge is -2.49. The molecule has 1 aromatic heterocycles.